The van der Waals surface area contributed by atoms with Gasteiger partial charge < -0.3 is 5.32 Å². The summed E-state index contributed by atoms with van der Waals surface area (Å²) >= 11 is 0. The highest BCUT2D eigenvalue weighted by atomic mass is 16.2. The van der Waals surface area contributed by atoms with Crippen LogP contribution >= 0.6 is 0 Å². The molecule has 0 fully saturated rings. The first kappa shape index (κ1) is 17.7. The van der Waals surface area contributed by atoms with E-state index in [4.69, 9.17) is 0 Å². The van der Waals surface area contributed by atoms with Crippen LogP contribution in [-0.2, 0) is 6.54 Å². The van der Waals surface area contributed by atoms with Gasteiger partial charge >= 0.3 is 0 Å². The van der Waals surface area contributed by atoms with E-state index in [-0.39, 0.29) is 5.91 Å². The van der Waals surface area contributed by atoms with Crippen molar-refractivity contribution in [1.29, 1.82) is 0 Å². The molecule has 0 spiro atoms. The van der Waals surface area contributed by atoms with Crippen LogP contribution in [0.5, 0.6) is 0 Å². The minimum absolute atomic E-state index is 0.187. The molecule has 2 N–H and O–H groups in total. The third-order valence-corrected chi connectivity index (χ3v) is 3.54. The fourth-order valence-electron chi connectivity index (χ4n) is 2.39. The van der Waals surface area contributed by atoms with Crippen molar-refractivity contribution in [2.45, 2.75) is 33.7 Å². The minimum atomic E-state index is -0.187. The van der Waals surface area contributed by atoms with Gasteiger partial charge in [0.05, 0.1) is 0 Å². The zero-order valence-corrected chi connectivity index (χ0v) is 14.5. The number of hydrazone groups is 1. The summed E-state index contributed by atoms with van der Waals surface area (Å²) in [6.07, 6.45) is 0.878. The number of benzene rings is 2. The zero-order valence-electron chi connectivity index (χ0n) is 14.5. The van der Waals surface area contributed by atoms with Crippen molar-refractivity contribution in [2.24, 2.45) is 11.0 Å². The Morgan fingerprint density at radius 3 is 2.33 bits per heavy atom. The standard InChI is InChI=1S/C20H25N3O/c1-15(2)13-16(3)22-23-20(24)18-9-11-19(12-10-18)21-14-17-7-5-4-6-8-17/h4-12,15,21H,13-14H2,1-3H3,(H,23,24)/b22-16-. The summed E-state index contributed by atoms with van der Waals surface area (Å²) in [7, 11) is 0. The molecule has 2 rings (SSSR count). The average Bonchev–Trinajstić information content (AvgIpc) is 2.58. The molecule has 24 heavy (non-hydrogen) atoms. The molecule has 0 atom stereocenters. The van der Waals surface area contributed by atoms with E-state index in [2.05, 4.69) is 41.8 Å². The Labute approximate surface area is 144 Å². The number of hydrogen-bond acceptors (Lipinski definition) is 3. The molecule has 0 aliphatic heterocycles. The lowest BCUT2D eigenvalue weighted by Crippen LogP contribution is -2.19. The number of hydrogen-bond donors (Lipinski definition) is 2. The summed E-state index contributed by atoms with van der Waals surface area (Å²) in [4.78, 5) is 12.1. The molecule has 0 saturated heterocycles. The van der Waals surface area contributed by atoms with Gasteiger partial charge in [-0.15, -0.1) is 0 Å². The van der Waals surface area contributed by atoms with Crippen LogP contribution in [0.4, 0.5) is 5.69 Å². The normalized spacial score (nSPS) is 11.4. The molecule has 4 nitrogen and oxygen atoms in total. The van der Waals surface area contributed by atoms with Crippen LogP contribution in [0.3, 0.4) is 0 Å². The molecule has 0 aliphatic rings. The van der Waals surface area contributed by atoms with Crippen LogP contribution in [0.25, 0.3) is 0 Å². The fourth-order valence-corrected chi connectivity index (χ4v) is 2.39. The predicted octanol–water partition coefficient (Wildman–Crippen LogP) is 4.45. The van der Waals surface area contributed by atoms with Crippen LogP contribution in [0, 0.1) is 5.92 Å². The van der Waals surface area contributed by atoms with E-state index in [0.717, 1.165) is 24.4 Å². The lowest BCUT2D eigenvalue weighted by Gasteiger charge is -2.08. The smallest absolute Gasteiger partial charge is 0.271 e. The second-order valence-corrected chi connectivity index (χ2v) is 6.30. The van der Waals surface area contributed by atoms with E-state index in [1.165, 1.54) is 5.56 Å². The summed E-state index contributed by atoms with van der Waals surface area (Å²) in [5, 5.41) is 7.48. The van der Waals surface area contributed by atoms with Crippen molar-refractivity contribution in [3.8, 4) is 0 Å². The van der Waals surface area contributed by atoms with Crippen molar-refractivity contribution in [2.75, 3.05) is 5.32 Å². The first-order valence-corrected chi connectivity index (χ1v) is 8.26. The Bertz CT molecular complexity index is 676. The number of amides is 1. The Hall–Kier alpha value is -2.62. The largest absolute Gasteiger partial charge is 0.381 e. The second-order valence-electron chi connectivity index (χ2n) is 6.30. The summed E-state index contributed by atoms with van der Waals surface area (Å²) in [6, 6.07) is 17.6. The molecule has 2 aromatic rings. The second kappa shape index (κ2) is 8.87. The van der Waals surface area contributed by atoms with Crippen LogP contribution in [0.1, 0.15) is 43.1 Å². The summed E-state index contributed by atoms with van der Waals surface area (Å²) in [6.45, 7) is 6.94. The van der Waals surface area contributed by atoms with Crippen molar-refractivity contribution in [3.63, 3.8) is 0 Å². The SMILES string of the molecule is C/C(CC(C)C)=N/NC(=O)c1ccc(NCc2ccccc2)cc1. The molecule has 0 unspecified atom stereocenters. The Morgan fingerprint density at radius 2 is 1.71 bits per heavy atom. The van der Waals surface area contributed by atoms with E-state index in [1.54, 1.807) is 12.1 Å². The first-order chi connectivity index (χ1) is 11.5. The summed E-state index contributed by atoms with van der Waals surface area (Å²) in [5.41, 5.74) is 6.34. The highest BCUT2D eigenvalue weighted by Crippen LogP contribution is 2.11. The molecule has 0 heterocycles. The number of rotatable bonds is 7. The van der Waals surface area contributed by atoms with E-state index >= 15 is 0 Å². The molecule has 0 aliphatic carbocycles. The average molecular weight is 323 g/mol. The number of nitrogens with zero attached hydrogens (tertiary/aromatic N) is 1. The number of nitrogens with one attached hydrogen (secondary N) is 2. The maximum Gasteiger partial charge on any atom is 0.271 e. The Morgan fingerprint density at radius 1 is 1.04 bits per heavy atom. The molecule has 0 radical (unpaired) electrons. The van der Waals surface area contributed by atoms with Gasteiger partial charge in [-0.1, -0.05) is 44.2 Å². The maximum absolute atomic E-state index is 12.1. The van der Waals surface area contributed by atoms with Crippen LogP contribution in [0.15, 0.2) is 59.7 Å². The lowest BCUT2D eigenvalue weighted by molar-refractivity contribution is 0.0954. The van der Waals surface area contributed by atoms with Gasteiger partial charge in [-0.05, 0) is 49.1 Å². The van der Waals surface area contributed by atoms with E-state index in [1.807, 2.05) is 37.3 Å². The molecular formula is C20H25N3O. The molecular weight excluding hydrogens is 298 g/mol. The molecule has 4 heteroatoms. The van der Waals surface area contributed by atoms with Crippen molar-refractivity contribution in [1.82, 2.24) is 5.43 Å². The Kier molecular flexibility index (Phi) is 6.55. The van der Waals surface area contributed by atoms with Crippen molar-refractivity contribution in [3.05, 3.63) is 65.7 Å². The van der Waals surface area contributed by atoms with E-state index in [9.17, 15) is 4.79 Å². The van der Waals surface area contributed by atoms with E-state index < -0.39 is 0 Å². The van der Waals surface area contributed by atoms with Crippen LogP contribution < -0.4 is 10.7 Å². The molecule has 0 bridgehead atoms. The van der Waals surface area contributed by atoms with Gasteiger partial charge in [0.25, 0.3) is 5.91 Å². The third kappa shape index (κ3) is 5.88. The fraction of sp³-hybridized carbons (Fsp3) is 0.300. The van der Waals surface area contributed by atoms with Gasteiger partial charge in [0.15, 0.2) is 0 Å². The monoisotopic (exact) mass is 323 g/mol. The van der Waals surface area contributed by atoms with Gasteiger partial charge in [0, 0.05) is 23.5 Å². The number of anilines is 1. The molecule has 2 aromatic carbocycles. The number of carbonyl (C=O) groups is 1. The highest BCUT2D eigenvalue weighted by molar-refractivity contribution is 5.95. The predicted molar refractivity (Wildman–Crippen MR) is 100 cm³/mol. The Balaban J connectivity index is 1.88. The zero-order chi connectivity index (χ0) is 17.4. The third-order valence-electron chi connectivity index (χ3n) is 3.54. The molecule has 0 aromatic heterocycles. The maximum atomic E-state index is 12.1. The molecule has 0 saturated carbocycles. The quantitative estimate of drug-likeness (QED) is 0.584. The van der Waals surface area contributed by atoms with Crippen LogP contribution in [0.2, 0.25) is 0 Å². The minimum Gasteiger partial charge on any atom is -0.381 e. The number of carbonyl (C=O) groups excluding carboxylic acids is 1. The summed E-state index contributed by atoms with van der Waals surface area (Å²) in [5.74, 6) is 0.341. The van der Waals surface area contributed by atoms with E-state index in [0.29, 0.717) is 11.5 Å². The molecule has 126 valence electrons. The summed E-state index contributed by atoms with van der Waals surface area (Å²) < 4.78 is 0. The first-order valence-electron chi connectivity index (χ1n) is 8.26. The van der Waals surface area contributed by atoms with Gasteiger partial charge in [0.2, 0.25) is 0 Å². The van der Waals surface area contributed by atoms with Gasteiger partial charge in [-0.2, -0.15) is 5.10 Å². The molecule has 1 amide bonds. The topological polar surface area (TPSA) is 53.5 Å². The highest BCUT2D eigenvalue weighted by Gasteiger charge is 2.05. The lowest BCUT2D eigenvalue weighted by atomic mass is 10.1. The van der Waals surface area contributed by atoms with Crippen LogP contribution in [-0.4, -0.2) is 11.6 Å². The van der Waals surface area contributed by atoms with Gasteiger partial charge in [-0.3, -0.25) is 4.79 Å². The van der Waals surface area contributed by atoms with Gasteiger partial charge in [0.1, 0.15) is 0 Å². The van der Waals surface area contributed by atoms with Crippen molar-refractivity contribution < 1.29 is 4.79 Å². The van der Waals surface area contributed by atoms with Gasteiger partial charge in [-0.25, -0.2) is 5.43 Å². The van der Waals surface area contributed by atoms with Crippen molar-refractivity contribution >= 4 is 17.3 Å².